The third kappa shape index (κ3) is 8.22. The zero-order chi connectivity index (χ0) is 34.8. The van der Waals surface area contributed by atoms with Crippen LogP contribution in [0.1, 0.15) is 74.8 Å². The van der Waals surface area contributed by atoms with Crippen LogP contribution < -0.4 is 10.6 Å². The molecule has 2 saturated heterocycles. The molecule has 2 fully saturated rings. The quantitative estimate of drug-likeness (QED) is 0.178. The van der Waals surface area contributed by atoms with Crippen molar-refractivity contribution in [2.45, 2.75) is 108 Å². The Kier molecular flexibility index (Phi) is 11.2. The van der Waals surface area contributed by atoms with E-state index < -0.39 is 40.8 Å². The average Bonchev–Trinajstić information content (AvgIpc) is 3.37. The zero-order valence-corrected chi connectivity index (χ0v) is 28.8. The van der Waals surface area contributed by atoms with E-state index in [1.807, 2.05) is 51.9 Å². The van der Waals surface area contributed by atoms with Crippen LogP contribution in [0, 0.1) is 6.92 Å². The van der Waals surface area contributed by atoms with Gasteiger partial charge in [0.1, 0.15) is 18.3 Å². The van der Waals surface area contributed by atoms with Crippen molar-refractivity contribution in [2.75, 3.05) is 33.8 Å². The van der Waals surface area contributed by atoms with Gasteiger partial charge in [-0.3, -0.25) is 9.59 Å². The molecule has 2 heterocycles. The molecule has 47 heavy (non-hydrogen) atoms. The highest BCUT2D eigenvalue weighted by atomic mass is 16.8. The van der Waals surface area contributed by atoms with Crippen LogP contribution in [0.4, 0.5) is 0 Å². The first-order valence-electron chi connectivity index (χ1n) is 16.4. The van der Waals surface area contributed by atoms with E-state index in [0.717, 1.165) is 35.2 Å². The van der Waals surface area contributed by atoms with Crippen LogP contribution in [0.25, 0.3) is 0 Å². The molecule has 0 aliphatic carbocycles. The molecule has 0 saturated carbocycles. The normalized spacial score (nSPS) is 26.0. The van der Waals surface area contributed by atoms with E-state index in [9.17, 15) is 30.0 Å². The van der Waals surface area contributed by atoms with Crippen molar-refractivity contribution in [3.05, 3.63) is 70.3 Å². The molecule has 11 nitrogen and oxygen atoms in total. The summed E-state index contributed by atoms with van der Waals surface area (Å²) in [5.41, 5.74) is 0.835. The number of carbonyl (C=O) groups excluding carboxylic acids is 2. The number of amides is 2. The van der Waals surface area contributed by atoms with E-state index in [4.69, 9.17) is 9.47 Å². The molecule has 0 radical (unpaired) electrons. The van der Waals surface area contributed by atoms with Gasteiger partial charge >= 0.3 is 0 Å². The number of benzene rings is 2. The number of hydrogen-bond acceptors (Lipinski definition) is 9. The Morgan fingerprint density at radius 3 is 2.28 bits per heavy atom. The number of ether oxygens (including phenoxy) is 2. The highest BCUT2D eigenvalue weighted by Gasteiger charge is 2.71. The number of fused-ring (bicyclic) bond motifs is 2. The molecule has 11 heteroatoms. The molecular formula is C36H53N3O8. The predicted octanol–water partition coefficient (Wildman–Crippen LogP) is 1.68. The molecule has 0 spiro atoms. The van der Waals surface area contributed by atoms with Gasteiger partial charge in [-0.2, -0.15) is 0 Å². The van der Waals surface area contributed by atoms with Crippen molar-refractivity contribution in [2.24, 2.45) is 0 Å². The maximum atomic E-state index is 12.6. The van der Waals surface area contributed by atoms with E-state index in [1.54, 1.807) is 6.07 Å². The zero-order valence-electron chi connectivity index (χ0n) is 28.8. The van der Waals surface area contributed by atoms with Gasteiger partial charge in [-0.15, -0.1) is 0 Å². The van der Waals surface area contributed by atoms with Crippen molar-refractivity contribution >= 4 is 11.8 Å². The molecule has 5 atom stereocenters. The first-order chi connectivity index (χ1) is 21.9. The standard InChI is InChI=1S/C36H53N3O8/c1-23-11-16-27(36-32(44)30(42)31(43)35(47-36,22-46-36)34(4,5)45)20-26(23)19-25-14-12-24(13-15-25)9-8-10-28(40)38-33(2,3)21-29(41)37-17-18-39(6)7/h11-16,20,30-32,42-45H,8-10,17-19,21-22H2,1-7H3,(H,37,41)(H,38,40)/t30-,31-,32+,35-,36-/m0/s1. The van der Waals surface area contributed by atoms with Crippen LogP contribution >= 0.6 is 0 Å². The summed E-state index contributed by atoms with van der Waals surface area (Å²) in [5, 5.41) is 49.3. The van der Waals surface area contributed by atoms with Crippen LogP contribution in [0.2, 0.25) is 0 Å². The maximum Gasteiger partial charge on any atom is 0.225 e. The smallest absolute Gasteiger partial charge is 0.225 e. The van der Waals surface area contributed by atoms with Gasteiger partial charge in [0.2, 0.25) is 17.6 Å². The van der Waals surface area contributed by atoms with Crippen LogP contribution in [0.3, 0.4) is 0 Å². The first-order valence-corrected chi connectivity index (χ1v) is 16.4. The third-order valence-electron chi connectivity index (χ3n) is 9.38. The Morgan fingerprint density at radius 2 is 1.64 bits per heavy atom. The van der Waals surface area contributed by atoms with Gasteiger partial charge in [-0.25, -0.2) is 0 Å². The fourth-order valence-electron chi connectivity index (χ4n) is 6.43. The SMILES string of the molecule is Cc1ccc([C@]23OC[C@](C(C)(C)O)(O2)[C@@H](O)[C@H](O)[C@H]3O)cc1Cc1ccc(CCCC(=O)NC(C)(C)CC(=O)NCCN(C)C)cc1. The van der Waals surface area contributed by atoms with Gasteiger partial charge in [-0.1, -0.05) is 36.4 Å². The van der Waals surface area contributed by atoms with E-state index in [1.165, 1.54) is 13.8 Å². The molecule has 2 aromatic carbocycles. The van der Waals surface area contributed by atoms with Gasteiger partial charge in [0.25, 0.3) is 0 Å². The van der Waals surface area contributed by atoms with Gasteiger partial charge in [0.15, 0.2) is 5.60 Å². The summed E-state index contributed by atoms with van der Waals surface area (Å²) in [7, 11) is 3.89. The lowest BCUT2D eigenvalue weighted by molar-refractivity contribution is -0.348. The van der Waals surface area contributed by atoms with Crippen molar-refractivity contribution in [1.82, 2.24) is 15.5 Å². The topological polar surface area (TPSA) is 161 Å². The second kappa shape index (κ2) is 14.3. The molecule has 2 aromatic rings. The summed E-state index contributed by atoms with van der Waals surface area (Å²) < 4.78 is 12.2. The first kappa shape index (κ1) is 36.9. The fraction of sp³-hybridized carbons (Fsp3) is 0.611. The van der Waals surface area contributed by atoms with Gasteiger partial charge < -0.3 is 45.4 Å². The molecule has 260 valence electrons. The minimum absolute atomic E-state index is 0.0809. The largest absolute Gasteiger partial charge is 0.387 e. The van der Waals surface area contributed by atoms with E-state index in [-0.39, 0.29) is 24.8 Å². The second-order valence-electron chi connectivity index (χ2n) is 14.6. The minimum atomic E-state index is -1.75. The number of aliphatic hydroxyl groups is 4. The summed E-state index contributed by atoms with van der Waals surface area (Å²) in [6, 6.07) is 13.8. The molecular weight excluding hydrogens is 602 g/mol. The highest BCUT2D eigenvalue weighted by molar-refractivity contribution is 5.80. The number of likely N-dealkylation sites (N-methyl/N-ethyl adjacent to an activating group) is 1. The number of nitrogens with one attached hydrogen (secondary N) is 2. The molecule has 2 amide bonds. The maximum absolute atomic E-state index is 12.6. The lowest BCUT2D eigenvalue weighted by Gasteiger charge is -2.50. The Balaban J connectivity index is 1.33. The third-order valence-corrected chi connectivity index (χ3v) is 9.38. The molecule has 2 aliphatic heterocycles. The molecule has 4 rings (SSSR count). The molecule has 2 aliphatic rings. The monoisotopic (exact) mass is 655 g/mol. The highest BCUT2D eigenvalue weighted by Crippen LogP contribution is 2.53. The Hall–Kier alpha value is -2.90. The van der Waals surface area contributed by atoms with Gasteiger partial charge in [-0.05, 0) is 96.3 Å². The summed E-state index contributed by atoms with van der Waals surface area (Å²) in [6.07, 6.45) is -2.13. The molecule has 6 N–H and O–H groups in total. The number of hydrogen-bond donors (Lipinski definition) is 6. The lowest BCUT2D eigenvalue weighted by atomic mass is 9.75. The molecule has 0 unspecified atom stereocenters. The second-order valence-corrected chi connectivity index (χ2v) is 14.6. The van der Waals surface area contributed by atoms with E-state index >= 15 is 0 Å². The van der Waals surface area contributed by atoms with Crippen LogP contribution in [-0.4, -0.2) is 106 Å². The fourth-order valence-corrected chi connectivity index (χ4v) is 6.43. The van der Waals surface area contributed by atoms with Gasteiger partial charge in [0, 0.05) is 37.0 Å². The van der Waals surface area contributed by atoms with Crippen LogP contribution in [0.5, 0.6) is 0 Å². The van der Waals surface area contributed by atoms with Crippen molar-refractivity contribution in [1.29, 1.82) is 0 Å². The summed E-state index contributed by atoms with van der Waals surface area (Å²) in [4.78, 5) is 26.9. The average molecular weight is 656 g/mol. The number of aliphatic hydroxyl groups excluding tert-OH is 3. The number of nitrogens with zero attached hydrogens (tertiary/aromatic N) is 1. The summed E-state index contributed by atoms with van der Waals surface area (Å²) in [6.45, 7) is 9.78. The van der Waals surface area contributed by atoms with Crippen molar-refractivity contribution < 1.29 is 39.5 Å². The van der Waals surface area contributed by atoms with Gasteiger partial charge in [0.05, 0.1) is 12.2 Å². The Labute approximate surface area is 278 Å². The number of rotatable bonds is 14. The summed E-state index contributed by atoms with van der Waals surface area (Å²) in [5.74, 6) is -1.91. The minimum Gasteiger partial charge on any atom is -0.387 e. The number of carbonyl (C=O) groups is 2. The Bertz CT molecular complexity index is 1410. The van der Waals surface area contributed by atoms with E-state index in [2.05, 4.69) is 34.9 Å². The van der Waals surface area contributed by atoms with Crippen LogP contribution in [-0.2, 0) is 37.7 Å². The lowest BCUT2D eigenvalue weighted by Crippen LogP contribution is -2.70. The molecule has 0 aromatic heterocycles. The van der Waals surface area contributed by atoms with E-state index in [0.29, 0.717) is 31.4 Å². The predicted molar refractivity (Wildman–Crippen MR) is 178 cm³/mol. The molecule has 2 bridgehead atoms. The van der Waals surface area contributed by atoms with Crippen molar-refractivity contribution in [3.63, 3.8) is 0 Å². The van der Waals surface area contributed by atoms with Crippen LogP contribution in [0.15, 0.2) is 42.5 Å². The van der Waals surface area contributed by atoms with Crippen molar-refractivity contribution in [3.8, 4) is 0 Å². The summed E-state index contributed by atoms with van der Waals surface area (Å²) >= 11 is 0. The Morgan fingerprint density at radius 1 is 0.979 bits per heavy atom. The number of aryl methyl sites for hydroxylation is 2.